The molecule has 1 aliphatic rings. The molecule has 32 heavy (non-hydrogen) atoms. The number of hydrogen-bond acceptors (Lipinski definition) is 8. The highest BCUT2D eigenvalue weighted by molar-refractivity contribution is 6.05. The van der Waals surface area contributed by atoms with Crippen molar-refractivity contribution in [3.05, 3.63) is 76.7 Å². The van der Waals surface area contributed by atoms with Crippen molar-refractivity contribution in [1.29, 1.82) is 0 Å². The van der Waals surface area contributed by atoms with E-state index in [4.69, 9.17) is 15.5 Å². The summed E-state index contributed by atoms with van der Waals surface area (Å²) in [6.07, 6.45) is 2.68. The first kappa shape index (κ1) is 19.9. The van der Waals surface area contributed by atoms with Crippen LogP contribution in [0.15, 0.2) is 48.5 Å². The van der Waals surface area contributed by atoms with Crippen molar-refractivity contribution in [2.75, 3.05) is 11.1 Å². The number of nitrogen functional groups attached to an aromatic ring is 1. The molecule has 0 fully saturated rings. The molecule has 2 aromatic carbocycles. The largest absolute Gasteiger partial charge is 0.454 e. The van der Waals surface area contributed by atoms with E-state index in [1.165, 1.54) is 0 Å². The Morgan fingerprint density at radius 1 is 1.03 bits per heavy atom. The van der Waals surface area contributed by atoms with Crippen LogP contribution in [0.1, 0.15) is 39.4 Å². The zero-order valence-electron chi connectivity index (χ0n) is 17.6. The van der Waals surface area contributed by atoms with Crippen molar-refractivity contribution in [2.24, 2.45) is 0 Å². The number of esters is 1. The molecule has 0 bridgehead atoms. The average molecular weight is 426 g/mol. The second-order valence-electron chi connectivity index (χ2n) is 7.73. The second-order valence-corrected chi connectivity index (χ2v) is 7.73. The minimum atomic E-state index is -0.408. The van der Waals surface area contributed by atoms with Gasteiger partial charge in [-0.05, 0) is 49.4 Å². The average Bonchev–Trinajstić information content (AvgIpc) is 3.25. The fourth-order valence-corrected chi connectivity index (χ4v) is 4.04. The number of nitrogens with two attached hydrogens (primary N) is 1. The maximum Gasteiger partial charge on any atom is 0.339 e. The zero-order chi connectivity index (χ0) is 22.1. The lowest BCUT2D eigenvalue weighted by atomic mass is 10.0. The van der Waals surface area contributed by atoms with Crippen LogP contribution < -0.4 is 11.1 Å². The Morgan fingerprint density at radius 2 is 1.84 bits per heavy atom. The number of benzene rings is 2. The number of anilines is 3. The molecule has 0 saturated heterocycles. The maximum atomic E-state index is 13.1. The van der Waals surface area contributed by atoms with E-state index in [0.717, 1.165) is 52.7 Å². The summed E-state index contributed by atoms with van der Waals surface area (Å²) in [6, 6.07) is 15.4. The number of ether oxygens (including phenoxy) is 1. The maximum absolute atomic E-state index is 13.1. The van der Waals surface area contributed by atoms with Crippen LogP contribution in [-0.2, 0) is 24.2 Å². The highest BCUT2D eigenvalue weighted by atomic mass is 16.5. The molecule has 2 aromatic heterocycles. The van der Waals surface area contributed by atoms with Gasteiger partial charge in [0.1, 0.15) is 0 Å². The number of aryl methyl sites for hydroxylation is 2. The van der Waals surface area contributed by atoms with Crippen molar-refractivity contribution in [3.8, 4) is 0 Å². The van der Waals surface area contributed by atoms with Crippen LogP contribution in [0.4, 0.5) is 17.6 Å². The predicted octanol–water partition coefficient (Wildman–Crippen LogP) is 3.90. The summed E-state index contributed by atoms with van der Waals surface area (Å²) in [4.78, 5) is 30.5. The minimum Gasteiger partial charge on any atom is -0.454 e. The number of para-hydroxylation sites is 2. The quantitative estimate of drug-likeness (QED) is 0.462. The molecule has 0 saturated carbocycles. The molecule has 0 radical (unpaired) electrons. The van der Waals surface area contributed by atoms with E-state index >= 15 is 0 Å². The summed E-state index contributed by atoms with van der Waals surface area (Å²) in [5.74, 6) is 0.219. The third-order valence-corrected chi connectivity index (χ3v) is 5.55. The highest BCUT2D eigenvalue weighted by Gasteiger charge is 2.25. The lowest BCUT2D eigenvalue weighted by Gasteiger charge is -2.12. The van der Waals surface area contributed by atoms with Crippen LogP contribution in [0.5, 0.6) is 0 Å². The number of hydrogen-bond donors (Lipinski definition) is 2. The lowest BCUT2D eigenvalue weighted by molar-refractivity contribution is 0.0463. The van der Waals surface area contributed by atoms with Gasteiger partial charge < -0.3 is 15.8 Å². The molecule has 8 heteroatoms. The molecule has 2 heterocycles. The van der Waals surface area contributed by atoms with Gasteiger partial charge in [-0.3, -0.25) is 4.98 Å². The lowest BCUT2D eigenvalue weighted by Crippen LogP contribution is -2.13. The predicted molar refractivity (Wildman–Crippen MR) is 122 cm³/mol. The first-order chi connectivity index (χ1) is 15.6. The fraction of sp³-hybridized carbons (Fsp3) is 0.208. The first-order valence-electron chi connectivity index (χ1n) is 10.5. The first-order valence-corrected chi connectivity index (χ1v) is 10.5. The van der Waals surface area contributed by atoms with Crippen LogP contribution >= 0.6 is 0 Å². The number of pyridine rings is 1. The van der Waals surface area contributed by atoms with Crippen LogP contribution in [0.3, 0.4) is 0 Å². The van der Waals surface area contributed by atoms with E-state index in [1.807, 2.05) is 55.5 Å². The third kappa shape index (κ3) is 3.82. The smallest absolute Gasteiger partial charge is 0.339 e. The van der Waals surface area contributed by atoms with Gasteiger partial charge in [0.15, 0.2) is 12.4 Å². The topological polar surface area (TPSA) is 116 Å². The number of carbonyl (C=O) groups excluding carboxylic acids is 1. The Hall–Kier alpha value is -4.07. The van der Waals surface area contributed by atoms with Crippen LogP contribution in [-0.4, -0.2) is 25.9 Å². The summed E-state index contributed by atoms with van der Waals surface area (Å²) in [6.45, 7) is 1.87. The monoisotopic (exact) mass is 426 g/mol. The molecule has 0 spiro atoms. The van der Waals surface area contributed by atoms with Crippen molar-refractivity contribution in [3.63, 3.8) is 0 Å². The Labute approximate surface area is 184 Å². The van der Waals surface area contributed by atoms with Gasteiger partial charge in [-0.1, -0.05) is 36.4 Å². The van der Waals surface area contributed by atoms with Gasteiger partial charge in [-0.25, -0.2) is 4.79 Å². The summed E-state index contributed by atoms with van der Waals surface area (Å²) >= 11 is 0. The number of aromatic nitrogens is 4. The summed E-state index contributed by atoms with van der Waals surface area (Å²) < 4.78 is 5.63. The molecule has 4 aromatic rings. The molecule has 5 rings (SSSR count). The zero-order valence-corrected chi connectivity index (χ0v) is 17.6. The number of carbonyl (C=O) groups is 1. The molecule has 8 nitrogen and oxygen atoms in total. The summed E-state index contributed by atoms with van der Waals surface area (Å²) in [7, 11) is 0. The van der Waals surface area contributed by atoms with Crippen molar-refractivity contribution >= 4 is 34.5 Å². The van der Waals surface area contributed by atoms with Gasteiger partial charge in [-0.2, -0.15) is 15.0 Å². The molecule has 0 unspecified atom stereocenters. The van der Waals surface area contributed by atoms with E-state index < -0.39 is 5.97 Å². The SMILES string of the molecule is Cc1ccccc1Nc1nc(N)nc(COC(=O)c2c3c(nc4ccccc24)CCC3)n1. The highest BCUT2D eigenvalue weighted by Crippen LogP contribution is 2.30. The molecule has 160 valence electrons. The van der Waals surface area contributed by atoms with Crippen LogP contribution in [0, 0.1) is 6.92 Å². The van der Waals surface area contributed by atoms with Crippen molar-refractivity contribution in [2.45, 2.75) is 32.8 Å². The van der Waals surface area contributed by atoms with Gasteiger partial charge in [-0.15, -0.1) is 0 Å². The van der Waals surface area contributed by atoms with E-state index in [1.54, 1.807) is 0 Å². The van der Waals surface area contributed by atoms with E-state index in [9.17, 15) is 4.79 Å². The molecule has 0 amide bonds. The summed E-state index contributed by atoms with van der Waals surface area (Å²) in [5.41, 5.74) is 11.1. The molecule has 0 atom stereocenters. The van der Waals surface area contributed by atoms with Gasteiger partial charge >= 0.3 is 5.97 Å². The fourth-order valence-electron chi connectivity index (χ4n) is 4.04. The van der Waals surface area contributed by atoms with Gasteiger partial charge in [0.05, 0.1) is 11.1 Å². The Morgan fingerprint density at radius 3 is 2.72 bits per heavy atom. The standard InChI is InChI=1S/C24H22N6O2/c1-14-7-2-4-10-17(14)27-24-29-20(28-23(25)30-24)13-32-22(31)21-15-8-3-5-11-18(15)26-19-12-6-9-16(19)21/h2-5,7-8,10-11H,6,9,12-13H2,1H3,(H3,25,27,28,29,30). The summed E-state index contributed by atoms with van der Waals surface area (Å²) in [5, 5.41) is 3.94. The Balaban J connectivity index is 1.39. The number of nitrogens with one attached hydrogen (secondary N) is 1. The van der Waals surface area contributed by atoms with E-state index in [-0.39, 0.29) is 18.4 Å². The Kier molecular flexibility index (Phi) is 5.10. The number of fused-ring (bicyclic) bond motifs is 2. The second kappa shape index (κ2) is 8.22. The third-order valence-electron chi connectivity index (χ3n) is 5.55. The van der Waals surface area contributed by atoms with Gasteiger partial charge in [0, 0.05) is 16.8 Å². The molecule has 1 aliphatic carbocycles. The van der Waals surface area contributed by atoms with E-state index in [0.29, 0.717) is 11.5 Å². The molecular weight excluding hydrogens is 404 g/mol. The molecule has 3 N–H and O–H groups in total. The normalized spacial score (nSPS) is 12.5. The van der Waals surface area contributed by atoms with Crippen molar-refractivity contribution < 1.29 is 9.53 Å². The number of nitrogens with zero attached hydrogens (tertiary/aromatic N) is 4. The van der Waals surface area contributed by atoms with Gasteiger partial charge in [0.25, 0.3) is 0 Å². The van der Waals surface area contributed by atoms with E-state index in [2.05, 4.69) is 20.3 Å². The van der Waals surface area contributed by atoms with Crippen LogP contribution in [0.2, 0.25) is 0 Å². The van der Waals surface area contributed by atoms with Crippen LogP contribution in [0.25, 0.3) is 10.9 Å². The molecular formula is C24H22N6O2. The van der Waals surface area contributed by atoms with Gasteiger partial charge in [0.2, 0.25) is 11.9 Å². The van der Waals surface area contributed by atoms with Crippen molar-refractivity contribution in [1.82, 2.24) is 19.9 Å². The Bertz CT molecular complexity index is 1340. The number of rotatable bonds is 5. The minimum absolute atomic E-state index is 0.0531. The molecule has 0 aliphatic heterocycles.